The molecule has 2 aromatic rings. The molecule has 1 atom stereocenters. The number of carbonyl (C=O) groups excluding carboxylic acids is 1. The molecule has 0 aliphatic carbocycles. The maximum absolute atomic E-state index is 12.4. The van der Waals surface area contributed by atoms with Gasteiger partial charge in [-0.15, -0.1) is 0 Å². The van der Waals surface area contributed by atoms with E-state index in [9.17, 15) is 4.79 Å². The second-order valence-corrected chi connectivity index (χ2v) is 4.86. The van der Waals surface area contributed by atoms with E-state index in [1.807, 2.05) is 37.3 Å². The van der Waals surface area contributed by atoms with Crippen LogP contribution in [0.2, 0.25) is 0 Å². The monoisotopic (exact) mass is 242 g/mol. The second kappa shape index (κ2) is 5.17. The van der Waals surface area contributed by atoms with Gasteiger partial charge in [-0.2, -0.15) is 5.10 Å². The summed E-state index contributed by atoms with van der Waals surface area (Å²) in [5.41, 5.74) is 1.57. The molecule has 0 fully saturated rings. The van der Waals surface area contributed by atoms with Crippen molar-refractivity contribution in [3.63, 3.8) is 0 Å². The summed E-state index contributed by atoms with van der Waals surface area (Å²) in [6.07, 6.45) is 1.67. The molecule has 0 N–H and O–H groups in total. The Morgan fingerprint density at radius 1 is 1.11 bits per heavy atom. The van der Waals surface area contributed by atoms with Crippen molar-refractivity contribution in [3.8, 4) is 5.69 Å². The van der Waals surface area contributed by atoms with Crippen LogP contribution in [0.1, 0.15) is 31.3 Å². The Morgan fingerprint density at radius 2 is 1.78 bits per heavy atom. The molecular formula is C15H18N2O. The van der Waals surface area contributed by atoms with Gasteiger partial charge in [0.1, 0.15) is 5.69 Å². The number of benzene rings is 1. The number of ketones is 1. The topological polar surface area (TPSA) is 34.9 Å². The number of nitrogens with zero attached hydrogens (tertiary/aromatic N) is 2. The molecule has 1 unspecified atom stereocenters. The fourth-order valence-electron chi connectivity index (χ4n) is 1.80. The predicted molar refractivity (Wildman–Crippen MR) is 71.9 cm³/mol. The van der Waals surface area contributed by atoms with Crippen LogP contribution in [0, 0.1) is 11.8 Å². The third-order valence-electron chi connectivity index (χ3n) is 3.31. The number of aromatic nitrogens is 2. The summed E-state index contributed by atoms with van der Waals surface area (Å²) in [5, 5.41) is 4.25. The molecule has 0 saturated heterocycles. The summed E-state index contributed by atoms with van der Waals surface area (Å²) < 4.78 is 1.71. The van der Waals surface area contributed by atoms with Crippen molar-refractivity contribution in [2.75, 3.05) is 0 Å². The molecule has 0 radical (unpaired) electrons. The molecule has 1 aromatic carbocycles. The van der Waals surface area contributed by atoms with Crippen LogP contribution in [0.3, 0.4) is 0 Å². The van der Waals surface area contributed by atoms with E-state index in [-0.39, 0.29) is 11.7 Å². The highest BCUT2D eigenvalue weighted by atomic mass is 16.1. The molecule has 0 aliphatic rings. The van der Waals surface area contributed by atoms with Gasteiger partial charge in [0.25, 0.3) is 0 Å². The normalized spacial score (nSPS) is 12.7. The summed E-state index contributed by atoms with van der Waals surface area (Å²) in [5.74, 6) is 0.479. The lowest BCUT2D eigenvalue weighted by Gasteiger charge is -2.15. The summed E-state index contributed by atoms with van der Waals surface area (Å²) >= 11 is 0. The maximum atomic E-state index is 12.4. The second-order valence-electron chi connectivity index (χ2n) is 4.86. The van der Waals surface area contributed by atoms with E-state index >= 15 is 0 Å². The molecule has 0 spiro atoms. The fraction of sp³-hybridized carbons (Fsp3) is 0.333. The quantitative estimate of drug-likeness (QED) is 0.771. The Bertz CT molecular complexity index is 528. The minimum Gasteiger partial charge on any atom is -0.292 e. The number of hydrogen-bond acceptors (Lipinski definition) is 2. The van der Waals surface area contributed by atoms with Gasteiger partial charge in [-0.1, -0.05) is 39.0 Å². The van der Waals surface area contributed by atoms with E-state index in [1.54, 1.807) is 16.9 Å². The highest BCUT2D eigenvalue weighted by Crippen LogP contribution is 2.18. The van der Waals surface area contributed by atoms with Gasteiger partial charge < -0.3 is 0 Å². The molecule has 3 nitrogen and oxygen atoms in total. The highest BCUT2D eigenvalue weighted by Gasteiger charge is 2.22. The standard InChI is InChI=1S/C15H18N2O/c1-11(2)12(3)15(18)14-9-10-16-17(14)13-7-5-4-6-8-13/h4-12H,1-3H3. The van der Waals surface area contributed by atoms with Crippen LogP contribution in [-0.2, 0) is 0 Å². The van der Waals surface area contributed by atoms with E-state index in [0.29, 0.717) is 11.6 Å². The Morgan fingerprint density at radius 3 is 2.39 bits per heavy atom. The first-order chi connectivity index (χ1) is 8.61. The number of para-hydroxylation sites is 1. The average Bonchev–Trinajstić information content (AvgIpc) is 2.87. The Labute approximate surface area is 107 Å². The fourth-order valence-corrected chi connectivity index (χ4v) is 1.80. The minimum atomic E-state index is 0.00385. The van der Waals surface area contributed by atoms with Crippen molar-refractivity contribution in [1.29, 1.82) is 0 Å². The number of carbonyl (C=O) groups is 1. The van der Waals surface area contributed by atoms with Gasteiger partial charge in [0.2, 0.25) is 0 Å². The third-order valence-corrected chi connectivity index (χ3v) is 3.31. The maximum Gasteiger partial charge on any atom is 0.184 e. The minimum absolute atomic E-state index is 0.00385. The van der Waals surface area contributed by atoms with Gasteiger partial charge in [-0.05, 0) is 24.1 Å². The van der Waals surface area contributed by atoms with Crippen molar-refractivity contribution in [2.24, 2.45) is 11.8 Å². The molecule has 2 rings (SSSR count). The number of Topliss-reactive ketones (excluding diaryl/α,β-unsaturated/α-hetero) is 1. The van der Waals surface area contributed by atoms with E-state index in [2.05, 4.69) is 18.9 Å². The zero-order valence-corrected chi connectivity index (χ0v) is 11.0. The molecule has 3 heteroatoms. The Kier molecular flexibility index (Phi) is 3.60. The molecule has 0 bridgehead atoms. The van der Waals surface area contributed by atoms with Gasteiger partial charge in [0.05, 0.1) is 11.9 Å². The first-order valence-corrected chi connectivity index (χ1v) is 6.25. The molecule has 0 aliphatic heterocycles. The lowest BCUT2D eigenvalue weighted by atomic mass is 9.92. The summed E-state index contributed by atoms with van der Waals surface area (Å²) in [7, 11) is 0. The molecule has 0 amide bonds. The van der Waals surface area contributed by atoms with E-state index in [0.717, 1.165) is 5.69 Å². The molecular weight excluding hydrogens is 224 g/mol. The predicted octanol–water partition coefficient (Wildman–Crippen LogP) is 3.35. The molecule has 1 aromatic heterocycles. The van der Waals surface area contributed by atoms with Gasteiger partial charge in [-0.25, -0.2) is 4.68 Å². The van der Waals surface area contributed by atoms with Crippen molar-refractivity contribution in [1.82, 2.24) is 9.78 Å². The van der Waals surface area contributed by atoms with Crippen LogP contribution in [0.4, 0.5) is 0 Å². The van der Waals surface area contributed by atoms with Crippen LogP contribution >= 0.6 is 0 Å². The van der Waals surface area contributed by atoms with Gasteiger partial charge in [0.15, 0.2) is 5.78 Å². The molecule has 94 valence electrons. The zero-order valence-electron chi connectivity index (χ0n) is 11.0. The lowest BCUT2D eigenvalue weighted by molar-refractivity contribution is 0.0891. The van der Waals surface area contributed by atoms with E-state index < -0.39 is 0 Å². The van der Waals surface area contributed by atoms with Crippen molar-refractivity contribution >= 4 is 5.78 Å². The molecule has 1 heterocycles. The van der Waals surface area contributed by atoms with E-state index in [4.69, 9.17) is 0 Å². The van der Waals surface area contributed by atoms with Crippen LogP contribution in [0.15, 0.2) is 42.6 Å². The van der Waals surface area contributed by atoms with Gasteiger partial charge in [-0.3, -0.25) is 4.79 Å². The van der Waals surface area contributed by atoms with Gasteiger partial charge in [0, 0.05) is 5.92 Å². The summed E-state index contributed by atoms with van der Waals surface area (Å²) in [6.45, 7) is 6.09. The number of hydrogen-bond donors (Lipinski definition) is 0. The lowest BCUT2D eigenvalue weighted by Crippen LogP contribution is -2.20. The Hall–Kier alpha value is -1.90. The molecule has 18 heavy (non-hydrogen) atoms. The Balaban J connectivity index is 2.37. The third kappa shape index (κ3) is 2.35. The highest BCUT2D eigenvalue weighted by molar-refractivity contribution is 5.96. The first-order valence-electron chi connectivity index (χ1n) is 6.25. The SMILES string of the molecule is CC(C)C(C)C(=O)c1ccnn1-c1ccccc1. The van der Waals surface area contributed by atoms with Crippen LogP contribution < -0.4 is 0 Å². The average molecular weight is 242 g/mol. The molecule has 0 saturated carbocycles. The smallest absolute Gasteiger partial charge is 0.184 e. The summed E-state index contributed by atoms with van der Waals surface area (Å²) in [6, 6.07) is 11.5. The van der Waals surface area contributed by atoms with E-state index in [1.165, 1.54) is 0 Å². The van der Waals surface area contributed by atoms with Gasteiger partial charge >= 0.3 is 0 Å². The van der Waals surface area contributed by atoms with Crippen molar-refractivity contribution in [3.05, 3.63) is 48.3 Å². The van der Waals surface area contributed by atoms with Crippen molar-refractivity contribution in [2.45, 2.75) is 20.8 Å². The van der Waals surface area contributed by atoms with Crippen molar-refractivity contribution < 1.29 is 4.79 Å². The van der Waals surface area contributed by atoms with Crippen LogP contribution in [0.5, 0.6) is 0 Å². The van der Waals surface area contributed by atoms with Crippen LogP contribution in [-0.4, -0.2) is 15.6 Å². The summed E-state index contributed by atoms with van der Waals surface area (Å²) in [4.78, 5) is 12.4. The van der Waals surface area contributed by atoms with Crippen LogP contribution in [0.25, 0.3) is 5.69 Å². The number of rotatable bonds is 4. The zero-order chi connectivity index (χ0) is 13.1. The largest absolute Gasteiger partial charge is 0.292 e. The first kappa shape index (κ1) is 12.6.